The molecule has 0 aliphatic carbocycles. The zero-order valence-electron chi connectivity index (χ0n) is 6.32. The van der Waals surface area contributed by atoms with Gasteiger partial charge in [-0.05, 0) is 18.2 Å². The Balaban J connectivity index is 2.88. The van der Waals surface area contributed by atoms with E-state index in [1.165, 1.54) is 0 Å². The number of rotatable bonds is 1. The van der Waals surface area contributed by atoms with Gasteiger partial charge in [0.25, 0.3) is 0 Å². The van der Waals surface area contributed by atoms with E-state index in [0.717, 1.165) is 17.2 Å². The van der Waals surface area contributed by atoms with Gasteiger partial charge in [0, 0.05) is 10.9 Å². The normalized spacial score (nSPS) is 10.0. The molecule has 0 amide bonds. The fourth-order valence-electron chi connectivity index (χ4n) is 1.18. The lowest BCUT2D eigenvalue weighted by Gasteiger charge is -1.96. The molecule has 0 spiro atoms. The molecule has 0 fully saturated rings. The molecule has 1 aromatic heterocycles. The lowest BCUT2D eigenvalue weighted by atomic mass is 10.1. The molecule has 1 aromatic carbocycles. The van der Waals surface area contributed by atoms with Crippen LogP contribution in [0.3, 0.4) is 0 Å². The molecule has 0 aliphatic heterocycles. The number of carbonyl (C=O) groups excluding carboxylic acids is 1. The molecule has 0 saturated heterocycles. The van der Waals surface area contributed by atoms with E-state index in [2.05, 4.69) is 11.2 Å². The summed E-state index contributed by atoms with van der Waals surface area (Å²) in [6.45, 7) is 0. The third-order valence-corrected chi connectivity index (χ3v) is 1.75. The highest BCUT2D eigenvalue weighted by molar-refractivity contribution is 5.96. The lowest BCUT2D eigenvalue weighted by molar-refractivity contribution is 0.112. The molecule has 2 nitrogen and oxygen atoms in total. The van der Waals surface area contributed by atoms with Crippen molar-refractivity contribution in [2.24, 2.45) is 0 Å². The van der Waals surface area contributed by atoms with Crippen LogP contribution in [0, 0.1) is 6.20 Å². The molecular weight excluding hydrogens is 150 g/mol. The number of carbonyl (C=O) groups is 1. The van der Waals surface area contributed by atoms with Crippen LogP contribution in [-0.4, -0.2) is 11.3 Å². The van der Waals surface area contributed by atoms with E-state index in [1.54, 1.807) is 12.1 Å². The van der Waals surface area contributed by atoms with Gasteiger partial charge in [0.05, 0.1) is 11.7 Å². The highest BCUT2D eigenvalue weighted by Gasteiger charge is 1.97. The number of hydrogen-bond acceptors (Lipinski definition) is 2. The Morgan fingerprint density at radius 2 is 2.25 bits per heavy atom. The molecule has 2 heteroatoms. The topological polar surface area (TPSA) is 30.0 Å². The number of benzene rings is 1. The van der Waals surface area contributed by atoms with E-state index in [9.17, 15) is 4.79 Å². The quantitative estimate of drug-likeness (QED) is 0.590. The van der Waals surface area contributed by atoms with E-state index in [0.29, 0.717) is 5.56 Å². The third-order valence-electron chi connectivity index (χ3n) is 1.75. The lowest BCUT2D eigenvalue weighted by Crippen LogP contribution is -1.84. The highest BCUT2D eigenvalue weighted by atomic mass is 16.1. The molecule has 1 heterocycles. The number of pyridine rings is 1. The smallest absolute Gasteiger partial charge is 0.150 e. The van der Waals surface area contributed by atoms with Crippen LogP contribution in [0.15, 0.2) is 30.3 Å². The number of aldehydes is 1. The summed E-state index contributed by atoms with van der Waals surface area (Å²) < 4.78 is 0. The fourth-order valence-corrected chi connectivity index (χ4v) is 1.18. The van der Waals surface area contributed by atoms with Crippen LogP contribution >= 0.6 is 0 Å². The summed E-state index contributed by atoms with van der Waals surface area (Å²) in [4.78, 5) is 14.6. The van der Waals surface area contributed by atoms with Gasteiger partial charge in [0.2, 0.25) is 0 Å². The molecule has 57 valence electrons. The summed E-state index contributed by atoms with van der Waals surface area (Å²) in [5.74, 6) is 0. The Hall–Kier alpha value is -1.70. The third kappa shape index (κ3) is 0.975. The maximum absolute atomic E-state index is 10.6. The van der Waals surface area contributed by atoms with Crippen LogP contribution in [0.2, 0.25) is 0 Å². The van der Waals surface area contributed by atoms with Gasteiger partial charge in [0.1, 0.15) is 0 Å². The van der Waals surface area contributed by atoms with Crippen molar-refractivity contribution in [1.29, 1.82) is 0 Å². The van der Waals surface area contributed by atoms with Gasteiger partial charge in [-0.15, -0.1) is 0 Å². The average molecular weight is 156 g/mol. The maximum atomic E-state index is 10.6. The Bertz CT molecular complexity index is 418. The zero-order valence-corrected chi connectivity index (χ0v) is 6.32. The number of aromatic nitrogens is 1. The predicted octanol–water partition coefficient (Wildman–Crippen LogP) is 1.85. The first-order valence-electron chi connectivity index (χ1n) is 3.63. The minimum atomic E-state index is 0.675. The van der Waals surface area contributed by atoms with Crippen LogP contribution < -0.4 is 0 Å². The van der Waals surface area contributed by atoms with Crippen LogP contribution in [0.4, 0.5) is 0 Å². The van der Waals surface area contributed by atoms with Crippen molar-refractivity contribution >= 4 is 17.2 Å². The van der Waals surface area contributed by atoms with Crippen molar-refractivity contribution in [1.82, 2.24) is 4.98 Å². The van der Waals surface area contributed by atoms with Crippen LogP contribution in [-0.2, 0) is 0 Å². The number of fused-ring (bicyclic) bond motifs is 1. The van der Waals surface area contributed by atoms with Crippen molar-refractivity contribution in [2.45, 2.75) is 0 Å². The van der Waals surface area contributed by atoms with Gasteiger partial charge in [0.15, 0.2) is 6.29 Å². The van der Waals surface area contributed by atoms with Gasteiger partial charge in [-0.3, -0.25) is 4.79 Å². The van der Waals surface area contributed by atoms with Gasteiger partial charge >= 0.3 is 0 Å². The first-order valence-corrected chi connectivity index (χ1v) is 3.63. The molecule has 0 bridgehead atoms. The minimum Gasteiger partial charge on any atom is -0.298 e. The molecule has 0 atom stereocenters. The summed E-state index contributed by atoms with van der Waals surface area (Å²) in [5.41, 5.74) is 1.48. The number of hydrogen-bond donors (Lipinski definition) is 0. The maximum Gasteiger partial charge on any atom is 0.150 e. The van der Waals surface area contributed by atoms with E-state index in [1.807, 2.05) is 18.2 Å². The van der Waals surface area contributed by atoms with Crippen LogP contribution in [0.1, 0.15) is 10.4 Å². The second-order valence-corrected chi connectivity index (χ2v) is 2.47. The van der Waals surface area contributed by atoms with Gasteiger partial charge in [-0.2, -0.15) is 0 Å². The molecule has 0 saturated carbocycles. The first-order chi connectivity index (χ1) is 5.92. The van der Waals surface area contributed by atoms with Crippen molar-refractivity contribution in [3.63, 3.8) is 0 Å². The van der Waals surface area contributed by atoms with Crippen LogP contribution in [0.25, 0.3) is 10.9 Å². The van der Waals surface area contributed by atoms with Crippen molar-refractivity contribution < 1.29 is 4.79 Å². The molecule has 0 unspecified atom stereocenters. The Morgan fingerprint density at radius 3 is 3.08 bits per heavy atom. The van der Waals surface area contributed by atoms with E-state index in [-0.39, 0.29) is 0 Å². The Morgan fingerprint density at radius 1 is 1.33 bits per heavy atom. The van der Waals surface area contributed by atoms with Crippen LogP contribution in [0.5, 0.6) is 0 Å². The van der Waals surface area contributed by atoms with E-state index in [4.69, 9.17) is 0 Å². The Labute approximate surface area is 69.9 Å². The molecule has 2 rings (SSSR count). The zero-order chi connectivity index (χ0) is 8.39. The highest BCUT2D eigenvalue weighted by Crippen LogP contribution is 2.13. The second-order valence-electron chi connectivity index (χ2n) is 2.47. The monoisotopic (exact) mass is 156 g/mol. The SMILES string of the molecule is O=Cc1cccc2n[c]ccc12. The molecule has 0 aliphatic rings. The molecule has 12 heavy (non-hydrogen) atoms. The average Bonchev–Trinajstić information content (AvgIpc) is 2.17. The van der Waals surface area contributed by atoms with Gasteiger partial charge in [-0.1, -0.05) is 12.1 Å². The van der Waals surface area contributed by atoms with Gasteiger partial charge in [-0.25, -0.2) is 4.98 Å². The Kier molecular flexibility index (Phi) is 1.59. The summed E-state index contributed by atoms with van der Waals surface area (Å²) in [6, 6.07) is 8.99. The minimum absolute atomic E-state index is 0.675. The summed E-state index contributed by atoms with van der Waals surface area (Å²) in [7, 11) is 0. The molecule has 0 N–H and O–H groups in total. The standard InChI is InChI=1S/C10H6NO/c12-7-8-3-1-5-10-9(8)4-2-6-11-10/h1-5,7H. The van der Waals surface area contributed by atoms with E-state index < -0.39 is 0 Å². The molecule has 2 aromatic rings. The van der Waals surface area contributed by atoms with Gasteiger partial charge < -0.3 is 0 Å². The van der Waals surface area contributed by atoms with Crippen molar-refractivity contribution in [3.8, 4) is 0 Å². The van der Waals surface area contributed by atoms with Crippen molar-refractivity contribution in [3.05, 3.63) is 42.1 Å². The molecular formula is C10H6NO. The summed E-state index contributed by atoms with van der Waals surface area (Å²) in [6.07, 6.45) is 3.56. The summed E-state index contributed by atoms with van der Waals surface area (Å²) >= 11 is 0. The summed E-state index contributed by atoms with van der Waals surface area (Å²) in [5, 5.41) is 0.881. The van der Waals surface area contributed by atoms with E-state index >= 15 is 0 Å². The second kappa shape index (κ2) is 2.74. The number of nitrogens with zero attached hydrogens (tertiary/aromatic N) is 1. The molecule has 1 radical (unpaired) electrons. The largest absolute Gasteiger partial charge is 0.298 e. The predicted molar refractivity (Wildman–Crippen MR) is 46.0 cm³/mol. The van der Waals surface area contributed by atoms with Crippen molar-refractivity contribution in [2.75, 3.05) is 0 Å². The first kappa shape index (κ1) is 6.98. The fraction of sp³-hybridized carbons (Fsp3) is 0.